The molecule has 0 aliphatic rings. The normalized spacial score (nSPS) is 10.4. The summed E-state index contributed by atoms with van der Waals surface area (Å²) in [6.07, 6.45) is 3.18. The third kappa shape index (κ3) is 5.42. The summed E-state index contributed by atoms with van der Waals surface area (Å²) >= 11 is 0. The van der Waals surface area contributed by atoms with Crippen molar-refractivity contribution < 1.29 is 4.79 Å². The van der Waals surface area contributed by atoms with Gasteiger partial charge in [0, 0.05) is 41.1 Å². The zero-order valence-electron chi connectivity index (χ0n) is 17.3. The molecule has 0 radical (unpaired) electrons. The van der Waals surface area contributed by atoms with Gasteiger partial charge in [-0.25, -0.2) is 9.97 Å². The molecular formula is C24H22N6O. The molecule has 2 heterocycles. The van der Waals surface area contributed by atoms with Crippen molar-refractivity contribution in [3.05, 3.63) is 96.1 Å². The Morgan fingerprint density at radius 2 is 1.23 bits per heavy atom. The van der Waals surface area contributed by atoms with Crippen LogP contribution in [0.3, 0.4) is 0 Å². The summed E-state index contributed by atoms with van der Waals surface area (Å²) in [7, 11) is 0. The predicted molar refractivity (Wildman–Crippen MR) is 123 cm³/mol. The molecule has 154 valence electrons. The Morgan fingerprint density at radius 3 is 1.81 bits per heavy atom. The van der Waals surface area contributed by atoms with Crippen molar-refractivity contribution in [2.45, 2.75) is 13.8 Å². The zero-order valence-corrected chi connectivity index (χ0v) is 17.3. The SMILES string of the molecule is Cc1ccc(Nc2cc(Nc3ccc(NC(=O)c4ccncc4)cc3)nc(C)n2)cc1. The topological polar surface area (TPSA) is 91.8 Å². The van der Waals surface area contributed by atoms with E-state index in [9.17, 15) is 4.79 Å². The number of hydrogen-bond donors (Lipinski definition) is 3. The highest BCUT2D eigenvalue weighted by molar-refractivity contribution is 6.04. The van der Waals surface area contributed by atoms with E-state index >= 15 is 0 Å². The lowest BCUT2D eigenvalue weighted by Crippen LogP contribution is -2.11. The highest BCUT2D eigenvalue weighted by Gasteiger charge is 2.07. The standard InChI is InChI=1S/C24H22N6O/c1-16-3-5-19(6-4-16)28-22-15-23(27-17(2)26-22)29-20-7-9-21(10-8-20)30-24(31)18-11-13-25-14-12-18/h3-15H,1-2H3,(H,30,31)(H2,26,27,28,29). The van der Waals surface area contributed by atoms with Crippen LogP contribution in [0.2, 0.25) is 0 Å². The van der Waals surface area contributed by atoms with Crippen LogP contribution in [0.15, 0.2) is 79.1 Å². The van der Waals surface area contributed by atoms with Crippen molar-refractivity contribution in [1.82, 2.24) is 15.0 Å². The molecule has 2 aromatic carbocycles. The average molecular weight is 410 g/mol. The Kier molecular flexibility index (Phi) is 5.84. The second-order valence-corrected chi connectivity index (χ2v) is 7.07. The number of pyridine rings is 1. The van der Waals surface area contributed by atoms with Gasteiger partial charge in [-0.05, 0) is 62.4 Å². The number of aromatic nitrogens is 3. The third-order valence-corrected chi connectivity index (χ3v) is 4.52. The molecule has 31 heavy (non-hydrogen) atoms. The van der Waals surface area contributed by atoms with E-state index in [1.165, 1.54) is 5.56 Å². The molecule has 1 amide bonds. The highest BCUT2D eigenvalue weighted by atomic mass is 16.1. The van der Waals surface area contributed by atoms with Crippen LogP contribution < -0.4 is 16.0 Å². The molecule has 4 aromatic rings. The Bertz CT molecular complexity index is 1180. The molecule has 0 saturated carbocycles. The molecule has 2 aromatic heterocycles. The third-order valence-electron chi connectivity index (χ3n) is 4.52. The van der Waals surface area contributed by atoms with Crippen molar-refractivity contribution in [1.29, 1.82) is 0 Å². The largest absolute Gasteiger partial charge is 0.340 e. The molecule has 0 saturated heterocycles. The molecule has 0 fully saturated rings. The van der Waals surface area contributed by atoms with Gasteiger partial charge < -0.3 is 16.0 Å². The summed E-state index contributed by atoms with van der Waals surface area (Å²) < 4.78 is 0. The van der Waals surface area contributed by atoms with Gasteiger partial charge in [0.2, 0.25) is 0 Å². The van der Waals surface area contributed by atoms with Crippen LogP contribution in [-0.4, -0.2) is 20.9 Å². The molecule has 7 heteroatoms. The molecule has 3 N–H and O–H groups in total. The van der Waals surface area contributed by atoms with Crippen LogP contribution in [0, 0.1) is 13.8 Å². The Balaban J connectivity index is 1.43. The summed E-state index contributed by atoms with van der Waals surface area (Å²) in [5.74, 6) is 1.86. The first-order valence-corrected chi connectivity index (χ1v) is 9.83. The monoisotopic (exact) mass is 410 g/mol. The lowest BCUT2D eigenvalue weighted by Gasteiger charge is -2.11. The summed E-state index contributed by atoms with van der Waals surface area (Å²) in [4.78, 5) is 25.1. The van der Waals surface area contributed by atoms with E-state index in [-0.39, 0.29) is 5.91 Å². The van der Waals surface area contributed by atoms with Gasteiger partial charge in [0.05, 0.1) is 0 Å². The van der Waals surface area contributed by atoms with Gasteiger partial charge in [0.1, 0.15) is 17.5 Å². The summed E-state index contributed by atoms with van der Waals surface area (Å²) in [6.45, 7) is 3.90. The number of nitrogens with one attached hydrogen (secondary N) is 3. The minimum absolute atomic E-state index is 0.179. The predicted octanol–water partition coefficient (Wildman–Crippen LogP) is 5.23. The highest BCUT2D eigenvalue weighted by Crippen LogP contribution is 2.22. The van der Waals surface area contributed by atoms with Gasteiger partial charge in [-0.3, -0.25) is 9.78 Å². The van der Waals surface area contributed by atoms with E-state index < -0.39 is 0 Å². The Hall–Kier alpha value is -4.26. The molecule has 0 aliphatic heterocycles. The second kappa shape index (κ2) is 9.04. The summed E-state index contributed by atoms with van der Waals surface area (Å²) in [5, 5.41) is 9.45. The van der Waals surface area contributed by atoms with Crippen LogP contribution in [0.4, 0.5) is 28.7 Å². The maximum absolute atomic E-state index is 12.3. The fraction of sp³-hybridized carbons (Fsp3) is 0.0833. The number of benzene rings is 2. The Morgan fingerprint density at radius 1 is 0.710 bits per heavy atom. The van der Waals surface area contributed by atoms with Gasteiger partial charge in [-0.2, -0.15) is 0 Å². The van der Waals surface area contributed by atoms with E-state index in [1.807, 2.05) is 61.5 Å². The molecule has 7 nitrogen and oxygen atoms in total. The molecule has 0 spiro atoms. The fourth-order valence-electron chi connectivity index (χ4n) is 2.97. The van der Waals surface area contributed by atoms with Crippen molar-refractivity contribution >= 4 is 34.6 Å². The first kappa shape index (κ1) is 20.0. The maximum Gasteiger partial charge on any atom is 0.255 e. The van der Waals surface area contributed by atoms with Crippen LogP contribution in [-0.2, 0) is 0 Å². The first-order valence-electron chi connectivity index (χ1n) is 9.83. The van der Waals surface area contributed by atoms with Crippen molar-refractivity contribution in [3.63, 3.8) is 0 Å². The quantitative estimate of drug-likeness (QED) is 0.403. The smallest absolute Gasteiger partial charge is 0.255 e. The minimum atomic E-state index is -0.179. The Labute approximate surface area is 180 Å². The molecule has 0 bridgehead atoms. The number of rotatable bonds is 6. The summed E-state index contributed by atoms with van der Waals surface area (Å²) in [5.41, 5.74) is 4.27. The van der Waals surface area contributed by atoms with E-state index in [2.05, 4.69) is 37.8 Å². The lowest BCUT2D eigenvalue weighted by molar-refractivity contribution is 0.102. The van der Waals surface area contributed by atoms with Gasteiger partial charge in [0.25, 0.3) is 5.91 Å². The zero-order chi connectivity index (χ0) is 21.6. The van der Waals surface area contributed by atoms with Crippen molar-refractivity contribution in [3.8, 4) is 0 Å². The fourth-order valence-corrected chi connectivity index (χ4v) is 2.97. The average Bonchev–Trinajstić information content (AvgIpc) is 2.77. The van der Waals surface area contributed by atoms with Gasteiger partial charge in [-0.15, -0.1) is 0 Å². The number of carbonyl (C=O) groups excluding carboxylic acids is 1. The van der Waals surface area contributed by atoms with Crippen LogP contribution in [0.25, 0.3) is 0 Å². The molecule has 0 unspecified atom stereocenters. The molecule has 4 rings (SSSR count). The maximum atomic E-state index is 12.3. The van der Waals surface area contributed by atoms with Gasteiger partial charge in [-0.1, -0.05) is 17.7 Å². The number of anilines is 5. The van der Waals surface area contributed by atoms with Crippen LogP contribution >= 0.6 is 0 Å². The number of nitrogens with zero attached hydrogens (tertiary/aromatic N) is 3. The van der Waals surface area contributed by atoms with Crippen molar-refractivity contribution in [2.24, 2.45) is 0 Å². The first-order chi connectivity index (χ1) is 15.0. The number of carbonyl (C=O) groups is 1. The minimum Gasteiger partial charge on any atom is -0.340 e. The van der Waals surface area contributed by atoms with Crippen LogP contribution in [0.1, 0.15) is 21.7 Å². The lowest BCUT2D eigenvalue weighted by atomic mass is 10.2. The second-order valence-electron chi connectivity index (χ2n) is 7.07. The van der Waals surface area contributed by atoms with E-state index in [1.54, 1.807) is 24.5 Å². The molecule has 0 atom stereocenters. The molecular weight excluding hydrogens is 388 g/mol. The van der Waals surface area contributed by atoms with Crippen molar-refractivity contribution in [2.75, 3.05) is 16.0 Å². The van der Waals surface area contributed by atoms with Crippen LogP contribution in [0.5, 0.6) is 0 Å². The van der Waals surface area contributed by atoms with E-state index in [4.69, 9.17) is 0 Å². The number of hydrogen-bond acceptors (Lipinski definition) is 6. The summed E-state index contributed by atoms with van der Waals surface area (Å²) in [6, 6.07) is 20.7. The van der Waals surface area contributed by atoms with E-state index in [0.717, 1.165) is 11.4 Å². The van der Waals surface area contributed by atoms with E-state index in [0.29, 0.717) is 28.7 Å². The van der Waals surface area contributed by atoms with Gasteiger partial charge >= 0.3 is 0 Å². The number of aryl methyl sites for hydroxylation is 2. The molecule has 0 aliphatic carbocycles. The van der Waals surface area contributed by atoms with Gasteiger partial charge in [0.15, 0.2) is 0 Å². The number of amides is 1.